The first-order valence-electron chi connectivity index (χ1n) is 10.2. The van der Waals surface area contributed by atoms with Crippen LogP contribution < -0.4 is 10.9 Å². The van der Waals surface area contributed by atoms with Crippen molar-refractivity contribution in [2.45, 2.75) is 51.5 Å². The molecular weight excluding hydrogens is 354 g/mol. The van der Waals surface area contributed by atoms with Crippen molar-refractivity contribution < 1.29 is 9.59 Å². The van der Waals surface area contributed by atoms with Gasteiger partial charge in [-0.2, -0.15) is 0 Å². The molecule has 2 aromatic rings. The predicted molar refractivity (Wildman–Crippen MR) is 108 cm³/mol. The molecule has 148 valence electrons. The van der Waals surface area contributed by atoms with E-state index in [1.54, 1.807) is 0 Å². The van der Waals surface area contributed by atoms with Crippen LogP contribution in [0.25, 0.3) is 10.9 Å². The van der Waals surface area contributed by atoms with Crippen molar-refractivity contribution in [3.05, 3.63) is 45.7 Å². The Kier molecular flexibility index (Phi) is 5.20. The van der Waals surface area contributed by atoms with Crippen LogP contribution in [-0.2, 0) is 4.79 Å². The maximum atomic E-state index is 12.9. The number of aromatic nitrogens is 1. The van der Waals surface area contributed by atoms with Crippen LogP contribution in [0.15, 0.2) is 29.1 Å². The van der Waals surface area contributed by atoms with E-state index in [-0.39, 0.29) is 23.4 Å². The summed E-state index contributed by atoms with van der Waals surface area (Å²) in [5.41, 5.74) is 1.72. The minimum atomic E-state index is -0.303. The van der Waals surface area contributed by atoms with Gasteiger partial charge in [0.05, 0.1) is 11.6 Å². The molecule has 2 N–H and O–H groups in total. The molecule has 1 aromatic heterocycles. The van der Waals surface area contributed by atoms with Gasteiger partial charge in [-0.25, -0.2) is 0 Å². The molecule has 2 fully saturated rings. The molecule has 6 nitrogen and oxygen atoms in total. The van der Waals surface area contributed by atoms with Gasteiger partial charge in [0.15, 0.2) is 0 Å². The lowest BCUT2D eigenvalue weighted by Gasteiger charge is -2.27. The van der Waals surface area contributed by atoms with Gasteiger partial charge in [-0.1, -0.05) is 30.9 Å². The van der Waals surface area contributed by atoms with Crippen LogP contribution in [0.1, 0.15) is 54.4 Å². The number of carbonyl (C=O) groups is 2. The highest BCUT2D eigenvalue weighted by Gasteiger charge is 2.32. The fraction of sp³-hybridized carbons (Fsp3) is 0.500. The van der Waals surface area contributed by atoms with Gasteiger partial charge in [-0.15, -0.1) is 0 Å². The molecule has 2 amide bonds. The molecular formula is C22H27N3O3. The molecule has 2 heterocycles. The Labute approximate surface area is 164 Å². The monoisotopic (exact) mass is 381 g/mol. The van der Waals surface area contributed by atoms with Crippen LogP contribution in [0.5, 0.6) is 0 Å². The molecule has 6 heteroatoms. The second-order valence-electron chi connectivity index (χ2n) is 8.27. The standard InChI is InChI=1S/C22H27N3O3/c1-14-7-8-19-17(9-14)18(11-20(26)24-19)22(28)23-16-10-21(27)25(13-16)12-15-5-3-2-4-6-15/h7-9,11,15-16H,2-6,10,12-13H2,1H3,(H,23,28)(H,24,26)/t16-/m1/s1. The molecule has 0 radical (unpaired) electrons. The van der Waals surface area contributed by atoms with Crippen molar-refractivity contribution in [1.29, 1.82) is 0 Å². The molecule has 1 aromatic carbocycles. The summed E-state index contributed by atoms with van der Waals surface area (Å²) in [5, 5.41) is 3.70. The molecule has 28 heavy (non-hydrogen) atoms. The van der Waals surface area contributed by atoms with Crippen molar-refractivity contribution in [2.24, 2.45) is 5.92 Å². The highest BCUT2D eigenvalue weighted by atomic mass is 16.2. The third kappa shape index (κ3) is 3.96. The number of amides is 2. The number of aromatic amines is 1. The van der Waals surface area contributed by atoms with E-state index in [0.717, 1.165) is 17.5 Å². The second kappa shape index (κ2) is 7.78. The molecule has 1 aliphatic heterocycles. The van der Waals surface area contributed by atoms with Gasteiger partial charge in [0, 0.05) is 36.5 Å². The van der Waals surface area contributed by atoms with Crippen molar-refractivity contribution in [2.75, 3.05) is 13.1 Å². The number of nitrogens with zero attached hydrogens (tertiary/aromatic N) is 1. The zero-order valence-electron chi connectivity index (χ0n) is 16.3. The fourth-order valence-corrected chi connectivity index (χ4v) is 4.55. The maximum Gasteiger partial charge on any atom is 0.252 e. The second-order valence-corrected chi connectivity index (χ2v) is 8.27. The molecule has 0 unspecified atom stereocenters. The van der Waals surface area contributed by atoms with Gasteiger partial charge in [-0.3, -0.25) is 14.4 Å². The summed E-state index contributed by atoms with van der Waals surface area (Å²) in [5.74, 6) is 0.410. The maximum absolute atomic E-state index is 12.9. The first kappa shape index (κ1) is 18.7. The molecule has 1 saturated carbocycles. The van der Waals surface area contributed by atoms with Crippen LogP contribution in [0, 0.1) is 12.8 Å². The minimum absolute atomic E-state index is 0.113. The first-order valence-corrected chi connectivity index (χ1v) is 10.2. The van der Waals surface area contributed by atoms with E-state index in [1.807, 2.05) is 30.0 Å². The smallest absolute Gasteiger partial charge is 0.252 e. The van der Waals surface area contributed by atoms with Crippen molar-refractivity contribution >= 4 is 22.7 Å². The Morgan fingerprint density at radius 2 is 1.96 bits per heavy atom. The number of rotatable bonds is 4. The van der Waals surface area contributed by atoms with E-state index in [9.17, 15) is 14.4 Å². The zero-order valence-corrected chi connectivity index (χ0v) is 16.3. The summed E-state index contributed by atoms with van der Waals surface area (Å²) >= 11 is 0. The Balaban J connectivity index is 1.47. The lowest BCUT2D eigenvalue weighted by molar-refractivity contribution is -0.128. The van der Waals surface area contributed by atoms with Crippen molar-refractivity contribution in [3.63, 3.8) is 0 Å². The largest absolute Gasteiger partial charge is 0.347 e. The summed E-state index contributed by atoms with van der Waals surface area (Å²) in [7, 11) is 0. The number of H-pyrrole nitrogens is 1. The fourth-order valence-electron chi connectivity index (χ4n) is 4.55. The summed E-state index contributed by atoms with van der Waals surface area (Å²) < 4.78 is 0. The number of carbonyl (C=O) groups excluding carboxylic acids is 2. The number of pyridine rings is 1. The number of hydrogen-bond acceptors (Lipinski definition) is 3. The normalized spacial score (nSPS) is 20.7. The van der Waals surface area contributed by atoms with Crippen molar-refractivity contribution in [1.82, 2.24) is 15.2 Å². The summed E-state index contributed by atoms with van der Waals surface area (Å²) in [6.07, 6.45) is 6.52. The molecule has 1 aliphatic carbocycles. The minimum Gasteiger partial charge on any atom is -0.347 e. The highest BCUT2D eigenvalue weighted by Crippen LogP contribution is 2.26. The Morgan fingerprint density at radius 3 is 2.75 bits per heavy atom. The summed E-state index contributed by atoms with van der Waals surface area (Å²) in [6.45, 7) is 3.31. The van der Waals surface area contributed by atoms with E-state index in [2.05, 4.69) is 10.3 Å². The molecule has 2 aliphatic rings. The third-order valence-corrected chi connectivity index (χ3v) is 6.00. The quantitative estimate of drug-likeness (QED) is 0.854. The summed E-state index contributed by atoms with van der Waals surface area (Å²) in [4.78, 5) is 41.9. The van der Waals surface area contributed by atoms with Crippen LogP contribution in [-0.4, -0.2) is 40.8 Å². The molecule has 1 saturated heterocycles. The van der Waals surface area contributed by atoms with Crippen LogP contribution >= 0.6 is 0 Å². The van der Waals surface area contributed by atoms with E-state index in [0.29, 0.717) is 30.0 Å². The van der Waals surface area contributed by atoms with Gasteiger partial charge in [0.2, 0.25) is 11.5 Å². The van der Waals surface area contributed by atoms with E-state index < -0.39 is 0 Å². The lowest BCUT2D eigenvalue weighted by atomic mass is 9.89. The summed E-state index contributed by atoms with van der Waals surface area (Å²) in [6, 6.07) is 6.75. The van der Waals surface area contributed by atoms with Crippen LogP contribution in [0.4, 0.5) is 0 Å². The van der Waals surface area contributed by atoms with Gasteiger partial charge in [-0.05, 0) is 37.8 Å². The molecule has 1 atom stereocenters. The SMILES string of the molecule is Cc1ccc2[nH]c(=O)cc(C(=O)N[C@@H]3CC(=O)N(CC4CCCCC4)C3)c2c1. The zero-order chi connectivity index (χ0) is 19.7. The van der Waals surface area contributed by atoms with E-state index in [1.165, 1.54) is 38.2 Å². The molecule has 0 spiro atoms. The van der Waals surface area contributed by atoms with E-state index in [4.69, 9.17) is 0 Å². The van der Waals surface area contributed by atoms with Gasteiger partial charge in [0.1, 0.15) is 0 Å². The number of fused-ring (bicyclic) bond motifs is 1. The lowest BCUT2D eigenvalue weighted by Crippen LogP contribution is -2.38. The van der Waals surface area contributed by atoms with Gasteiger partial charge >= 0.3 is 0 Å². The number of likely N-dealkylation sites (tertiary alicyclic amines) is 1. The number of aryl methyl sites for hydroxylation is 1. The van der Waals surface area contributed by atoms with Gasteiger partial charge < -0.3 is 15.2 Å². The number of benzene rings is 1. The predicted octanol–water partition coefficient (Wildman–Crippen LogP) is 2.75. The number of hydrogen-bond donors (Lipinski definition) is 2. The Morgan fingerprint density at radius 1 is 1.18 bits per heavy atom. The Bertz CT molecular complexity index is 959. The first-order chi connectivity index (χ1) is 13.5. The topological polar surface area (TPSA) is 82.3 Å². The Hall–Kier alpha value is -2.63. The average molecular weight is 381 g/mol. The van der Waals surface area contributed by atoms with Crippen molar-refractivity contribution in [3.8, 4) is 0 Å². The highest BCUT2D eigenvalue weighted by molar-refractivity contribution is 6.06. The number of nitrogens with one attached hydrogen (secondary N) is 2. The molecule has 4 rings (SSSR count). The van der Waals surface area contributed by atoms with E-state index >= 15 is 0 Å². The van der Waals surface area contributed by atoms with Crippen LogP contribution in [0.3, 0.4) is 0 Å². The van der Waals surface area contributed by atoms with Crippen LogP contribution in [0.2, 0.25) is 0 Å². The molecule has 0 bridgehead atoms. The average Bonchev–Trinajstić information content (AvgIpc) is 3.01. The van der Waals surface area contributed by atoms with Gasteiger partial charge in [0.25, 0.3) is 5.91 Å². The third-order valence-electron chi connectivity index (χ3n) is 6.00.